The Balaban J connectivity index is 4.56. The summed E-state index contributed by atoms with van der Waals surface area (Å²) in [5.74, 6) is -2.20. The van der Waals surface area contributed by atoms with Gasteiger partial charge in [0.05, 0.1) is 19.8 Å². The van der Waals surface area contributed by atoms with E-state index in [2.05, 4.69) is 4.74 Å². The Morgan fingerprint density at radius 3 is 2.38 bits per heavy atom. The molecule has 2 N–H and O–H groups in total. The molecular formula is C10H18O6. The summed E-state index contributed by atoms with van der Waals surface area (Å²) in [6.45, 7) is 3.38. The Morgan fingerprint density at radius 1 is 1.44 bits per heavy atom. The predicted octanol–water partition coefficient (Wildman–Crippen LogP) is 0.0378. The van der Waals surface area contributed by atoms with Gasteiger partial charge in [-0.1, -0.05) is 0 Å². The van der Waals surface area contributed by atoms with E-state index >= 15 is 0 Å². The van der Waals surface area contributed by atoms with Crippen LogP contribution in [0.25, 0.3) is 0 Å². The summed E-state index contributed by atoms with van der Waals surface area (Å²) in [5.41, 5.74) is -1.74. The third-order valence-corrected chi connectivity index (χ3v) is 2.27. The average molecular weight is 234 g/mol. The van der Waals surface area contributed by atoms with Crippen LogP contribution in [-0.4, -0.2) is 48.6 Å². The smallest absolute Gasteiger partial charge is 0.323 e. The number of rotatable bonds is 7. The zero-order valence-corrected chi connectivity index (χ0v) is 9.73. The molecule has 94 valence electrons. The molecule has 0 heterocycles. The number of esters is 1. The van der Waals surface area contributed by atoms with Crippen LogP contribution in [0.2, 0.25) is 0 Å². The molecule has 0 aromatic heterocycles. The molecule has 0 amide bonds. The highest BCUT2D eigenvalue weighted by molar-refractivity contribution is 5.98. The van der Waals surface area contributed by atoms with Gasteiger partial charge in [-0.3, -0.25) is 9.59 Å². The van der Waals surface area contributed by atoms with E-state index in [1.165, 1.54) is 6.92 Å². The number of methoxy groups -OCH3 is 1. The first-order valence-electron chi connectivity index (χ1n) is 4.96. The van der Waals surface area contributed by atoms with E-state index in [0.29, 0.717) is 6.61 Å². The number of hydrogen-bond donors (Lipinski definition) is 2. The zero-order valence-electron chi connectivity index (χ0n) is 9.73. The lowest BCUT2D eigenvalue weighted by Crippen LogP contribution is -2.41. The van der Waals surface area contributed by atoms with Crippen LogP contribution in [0.5, 0.6) is 0 Å². The maximum atomic E-state index is 11.3. The van der Waals surface area contributed by atoms with Crippen molar-refractivity contribution < 1.29 is 29.3 Å². The summed E-state index contributed by atoms with van der Waals surface area (Å²) in [6, 6.07) is 0. The first-order chi connectivity index (χ1) is 7.38. The molecule has 2 unspecified atom stereocenters. The van der Waals surface area contributed by atoms with E-state index in [9.17, 15) is 14.7 Å². The van der Waals surface area contributed by atoms with Crippen LogP contribution in [0, 0.1) is 5.41 Å². The molecule has 0 radical (unpaired) electrons. The third kappa shape index (κ3) is 3.79. The highest BCUT2D eigenvalue weighted by atomic mass is 16.5. The molecule has 0 saturated carbocycles. The lowest BCUT2D eigenvalue weighted by Gasteiger charge is -2.24. The van der Waals surface area contributed by atoms with Crippen LogP contribution in [0.3, 0.4) is 0 Å². The zero-order chi connectivity index (χ0) is 12.8. The van der Waals surface area contributed by atoms with Gasteiger partial charge in [-0.25, -0.2) is 0 Å². The number of aliphatic carboxylic acids is 1. The SMILES string of the molecule is CCOCC(O)CC(C)(C(=O)O)C(=O)OC. The van der Waals surface area contributed by atoms with Crippen molar-refractivity contribution in [2.24, 2.45) is 5.41 Å². The lowest BCUT2D eigenvalue weighted by molar-refractivity contribution is -0.168. The Labute approximate surface area is 94.2 Å². The number of aliphatic hydroxyl groups excluding tert-OH is 1. The molecule has 6 nitrogen and oxygen atoms in total. The van der Waals surface area contributed by atoms with Crippen LogP contribution >= 0.6 is 0 Å². The van der Waals surface area contributed by atoms with Crippen LogP contribution in [-0.2, 0) is 19.1 Å². The Kier molecular flexibility index (Phi) is 5.98. The number of aliphatic hydroxyl groups is 1. The lowest BCUT2D eigenvalue weighted by atomic mass is 9.84. The molecule has 0 rings (SSSR count). The van der Waals surface area contributed by atoms with E-state index < -0.39 is 23.5 Å². The summed E-state index contributed by atoms with van der Waals surface area (Å²) >= 11 is 0. The van der Waals surface area contributed by atoms with E-state index in [1.54, 1.807) is 6.92 Å². The van der Waals surface area contributed by atoms with Crippen LogP contribution in [0.1, 0.15) is 20.3 Å². The molecule has 2 atom stereocenters. The van der Waals surface area contributed by atoms with Gasteiger partial charge in [-0.05, 0) is 13.8 Å². The van der Waals surface area contributed by atoms with Crippen LogP contribution < -0.4 is 0 Å². The molecular weight excluding hydrogens is 216 g/mol. The summed E-state index contributed by atoms with van der Waals surface area (Å²) in [6.07, 6.45) is -1.25. The number of carbonyl (C=O) groups excluding carboxylic acids is 1. The maximum absolute atomic E-state index is 11.3. The highest BCUT2D eigenvalue weighted by Crippen LogP contribution is 2.25. The van der Waals surface area contributed by atoms with Crippen molar-refractivity contribution in [3.8, 4) is 0 Å². The van der Waals surface area contributed by atoms with E-state index in [4.69, 9.17) is 9.84 Å². The standard InChI is InChI=1S/C10H18O6/c1-4-16-6-7(11)5-10(2,8(12)13)9(14)15-3/h7,11H,4-6H2,1-3H3,(H,12,13). The summed E-state index contributed by atoms with van der Waals surface area (Å²) in [7, 11) is 1.11. The highest BCUT2D eigenvalue weighted by Gasteiger charge is 2.44. The van der Waals surface area contributed by atoms with Crippen molar-refractivity contribution in [2.45, 2.75) is 26.4 Å². The molecule has 6 heteroatoms. The molecule has 0 aromatic carbocycles. The van der Waals surface area contributed by atoms with Gasteiger partial charge in [0, 0.05) is 13.0 Å². The van der Waals surface area contributed by atoms with Crippen molar-refractivity contribution in [3.63, 3.8) is 0 Å². The average Bonchev–Trinajstić information content (AvgIpc) is 2.24. The van der Waals surface area contributed by atoms with Gasteiger partial charge in [0.25, 0.3) is 0 Å². The predicted molar refractivity (Wildman–Crippen MR) is 54.9 cm³/mol. The summed E-state index contributed by atoms with van der Waals surface area (Å²) < 4.78 is 9.35. The Morgan fingerprint density at radius 2 is 2.00 bits per heavy atom. The molecule has 0 aliphatic heterocycles. The van der Waals surface area contributed by atoms with Crippen LogP contribution in [0.4, 0.5) is 0 Å². The van der Waals surface area contributed by atoms with Gasteiger partial charge in [0.2, 0.25) is 0 Å². The Hall–Kier alpha value is -1.14. The quantitative estimate of drug-likeness (QED) is 0.477. The van der Waals surface area contributed by atoms with Gasteiger partial charge in [0.1, 0.15) is 0 Å². The van der Waals surface area contributed by atoms with E-state index in [0.717, 1.165) is 7.11 Å². The largest absolute Gasteiger partial charge is 0.480 e. The molecule has 16 heavy (non-hydrogen) atoms. The maximum Gasteiger partial charge on any atom is 0.323 e. The van der Waals surface area contributed by atoms with Gasteiger partial charge in [-0.15, -0.1) is 0 Å². The minimum Gasteiger partial charge on any atom is -0.480 e. The fraction of sp³-hybridized carbons (Fsp3) is 0.800. The van der Waals surface area contributed by atoms with E-state index in [1.807, 2.05) is 0 Å². The van der Waals surface area contributed by atoms with Gasteiger partial charge in [-0.2, -0.15) is 0 Å². The molecule has 0 aromatic rings. The van der Waals surface area contributed by atoms with Crippen LogP contribution in [0.15, 0.2) is 0 Å². The molecule has 0 fully saturated rings. The Bertz CT molecular complexity index is 252. The number of hydrogen-bond acceptors (Lipinski definition) is 5. The van der Waals surface area contributed by atoms with E-state index in [-0.39, 0.29) is 13.0 Å². The number of carboxylic acids is 1. The molecule has 0 bridgehead atoms. The summed E-state index contributed by atoms with van der Waals surface area (Å²) in [5, 5.41) is 18.5. The third-order valence-electron chi connectivity index (χ3n) is 2.27. The van der Waals surface area contributed by atoms with Crippen molar-refractivity contribution in [1.29, 1.82) is 0 Å². The fourth-order valence-electron chi connectivity index (χ4n) is 1.27. The first kappa shape index (κ1) is 14.9. The number of carbonyl (C=O) groups is 2. The molecule has 0 aliphatic carbocycles. The van der Waals surface area contributed by atoms with Gasteiger partial charge >= 0.3 is 11.9 Å². The number of carboxylic acid groups (broad SMARTS) is 1. The minimum absolute atomic E-state index is 0.00361. The molecule has 0 saturated heterocycles. The normalized spacial score (nSPS) is 16.2. The van der Waals surface area contributed by atoms with Crippen molar-refractivity contribution >= 4 is 11.9 Å². The second kappa shape index (κ2) is 6.44. The topological polar surface area (TPSA) is 93.1 Å². The van der Waals surface area contributed by atoms with Crippen molar-refractivity contribution in [3.05, 3.63) is 0 Å². The summed E-state index contributed by atoms with van der Waals surface area (Å²) in [4.78, 5) is 22.3. The molecule has 0 spiro atoms. The first-order valence-corrected chi connectivity index (χ1v) is 4.96. The molecule has 0 aliphatic rings. The van der Waals surface area contributed by atoms with Gasteiger partial charge in [0.15, 0.2) is 5.41 Å². The number of ether oxygens (including phenoxy) is 2. The minimum atomic E-state index is -1.74. The monoisotopic (exact) mass is 234 g/mol. The second-order valence-electron chi connectivity index (χ2n) is 3.65. The second-order valence-corrected chi connectivity index (χ2v) is 3.65. The van der Waals surface area contributed by atoms with Gasteiger partial charge < -0.3 is 19.7 Å². The van der Waals surface area contributed by atoms with Crippen molar-refractivity contribution in [1.82, 2.24) is 0 Å². The fourth-order valence-corrected chi connectivity index (χ4v) is 1.27. The van der Waals surface area contributed by atoms with Crippen molar-refractivity contribution in [2.75, 3.05) is 20.3 Å².